The van der Waals surface area contributed by atoms with E-state index in [4.69, 9.17) is 9.16 Å². The van der Waals surface area contributed by atoms with E-state index in [0.29, 0.717) is 13.2 Å². The van der Waals surface area contributed by atoms with Crippen molar-refractivity contribution in [2.75, 3.05) is 6.61 Å². The van der Waals surface area contributed by atoms with Gasteiger partial charge in [0.15, 0.2) is 8.32 Å². The van der Waals surface area contributed by atoms with Crippen molar-refractivity contribution in [2.24, 2.45) is 0 Å². The molecule has 1 rings (SSSR count). The van der Waals surface area contributed by atoms with Crippen LogP contribution >= 0.6 is 22.6 Å². The van der Waals surface area contributed by atoms with Crippen LogP contribution in [0.4, 0.5) is 0 Å². The number of hydrogen-bond acceptors (Lipinski definition) is 2. The Bertz CT molecular complexity index is 518. The van der Waals surface area contributed by atoms with Gasteiger partial charge in [-0.15, -0.1) is 0 Å². The quantitative estimate of drug-likeness (QED) is 0.182. The van der Waals surface area contributed by atoms with Gasteiger partial charge in [0, 0.05) is 0 Å². The lowest BCUT2D eigenvalue weighted by Gasteiger charge is -2.38. The molecule has 2 nitrogen and oxygen atoms in total. The molecule has 0 amide bonds. The molecule has 0 saturated carbocycles. The largest absolute Gasteiger partial charge is 0.410 e. The second-order valence-electron chi connectivity index (χ2n) is 7.44. The van der Waals surface area contributed by atoms with E-state index >= 15 is 0 Å². The lowest BCUT2D eigenvalue weighted by molar-refractivity contribution is 0.148. The summed E-state index contributed by atoms with van der Waals surface area (Å²) in [6.07, 6.45) is 7.44. The third kappa shape index (κ3) is 8.10. The molecule has 0 aliphatic heterocycles. The smallest absolute Gasteiger partial charge is 0.192 e. The van der Waals surface area contributed by atoms with Crippen molar-refractivity contribution in [2.45, 2.75) is 58.0 Å². The van der Waals surface area contributed by atoms with E-state index in [0.717, 1.165) is 6.42 Å². The molecule has 24 heavy (non-hydrogen) atoms. The fourth-order valence-electron chi connectivity index (χ4n) is 1.92. The summed E-state index contributed by atoms with van der Waals surface area (Å²) in [5.74, 6) is 0. The van der Waals surface area contributed by atoms with Gasteiger partial charge in [-0.3, -0.25) is 0 Å². The minimum Gasteiger partial charge on any atom is -0.410 e. The predicted molar refractivity (Wildman–Crippen MR) is 115 cm³/mol. The Morgan fingerprint density at radius 2 is 1.79 bits per heavy atom. The van der Waals surface area contributed by atoms with Gasteiger partial charge in [-0.1, -0.05) is 91.9 Å². The monoisotopic (exact) mass is 458 g/mol. The Kier molecular flexibility index (Phi) is 9.48. The van der Waals surface area contributed by atoms with Crippen molar-refractivity contribution in [3.63, 3.8) is 0 Å². The second kappa shape index (κ2) is 10.5. The first-order chi connectivity index (χ1) is 11.3. The Morgan fingerprint density at radius 1 is 1.12 bits per heavy atom. The van der Waals surface area contributed by atoms with Crippen molar-refractivity contribution >= 4 is 30.9 Å². The molecule has 0 unspecified atom stereocenters. The second-order valence-corrected chi connectivity index (χ2v) is 12.9. The van der Waals surface area contributed by atoms with Gasteiger partial charge in [0.25, 0.3) is 0 Å². The maximum atomic E-state index is 6.47. The molecule has 4 heteroatoms. The van der Waals surface area contributed by atoms with Crippen LogP contribution in [0.2, 0.25) is 18.1 Å². The Balaban J connectivity index is 2.40. The molecular weight excluding hydrogens is 427 g/mol. The van der Waals surface area contributed by atoms with Crippen LogP contribution in [0.15, 0.2) is 52.6 Å². The van der Waals surface area contributed by atoms with E-state index in [9.17, 15) is 0 Å². The molecule has 1 atom stereocenters. The minimum atomic E-state index is -1.74. The molecule has 0 radical (unpaired) electrons. The number of benzene rings is 1. The van der Waals surface area contributed by atoms with E-state index in [1.54, 1.807) is 0 Å². The average molecular weight is 458 g/mol. The molecule has 0 bridgehead atoms. The van der Waals surface area contributed by atoms with Gasteiger partial charge < -0.3 is 9.16 Å². The topological polar surface area (TPSA) is 18.5 Å². The van der Waals surface area contributed by atoms with Crippen LogP contribution in [0, 0.1) is 0 Å². The normalized spacial score (nSPS) is 14.6. The van der Waals surface area contributed by atoms with E-state index in [2.05, 4.69) is 90.9 Å². The average Bonchev–Trinajstić information content (AvgIpc) is 2.50. The standard InChI is InChI=1S/C20H31IO2Si/c1-20(2,3)24(4,5)23-19(14-15-21)13-9-10-16-22-17-18-11-7-6-8-12-18/h6-12,14-15,19H,13,16-17H2,1-5H3/b10-9+,15-14+/t19-/m1/s1. The zero-order chi connectivity index (χ0) is 18.1. The molecule has 0 aromatic heterocycles. The highest BCUT2D eigenvalue weighted by Crippen LogP contribution is 2.37. The summed E-state index contributed by atoms with van der Waals surface area (Å²) in [6.45, 7) is 12.7. The lowest BCUT2D eigenvalue weighted by atomic mass is 10.2. The van der Waals surface area contributed by atoms with Crippen LogP contribution in [0.1, 0.15) is 32.8 Å². The summed E-state index contributed by atoms with van der Waals surface area (Å²) in [5, 5.41) is 0.229. The van der Waals surface area contributed by atoms with Crippen molar-refractivity contribution in [1.29, 1.82) is 0 Å². The SMILES string of the molecule is CC(C)(C)[Si](C)(C)O[C@@H](/C=C/I)C/C=C/COCc1ccccc1. The highest BCUT2D eigenvalue weighted by molar-refractivity contribution is 14.1. The highest BCUT2D eigenvalue weighted by Gasteiger charge is 2.38. The molecular formula is C20H31IO2Si. The summed E-state index contributed by atoms with van der Waals surface area (Å²) in [5.41, 5.74) is 1.21. The van der Waals surface area contributed by atoms with Crippen molar-refractivity contribution in [1.82, 2.24) is 0 Å². The van der Waals surface area contributed by atoms with Crippen LogP contribution in [-0.2, 0) is 15.8 Å². The van der Waals surface area contributed by atoms with Crippen LogP contribution in [0.5, 0.6) is 0 Å². The molecule has 0 fully saturated rings. The zero-order valence-corrected chi connectivity index (χ0v) is 18.7. The number of rotatable bonds is 9. The van der Waals surface area contributed by atoms with Crippen molar-refractivity contribution in [3.05, 3.63) is 58.2 Å². The predicted octanol–water partition coefficient (Wildman–Crippen LogP) is 6.49. The molecule has 0 spiro atoms. The molecule has 0 aliphatic carbocycles. The van der Waals surface area contributed by atoms with Crippen molar-refractivity contribution < 1.29 is 9.16 Å². The fourth-order valence-corrected chi connectivity index (χ4v) is 3.67. The van der Waals surface area contributed by atoms with Gasteiger partial charge >= 0.3 is 0 Å². The maximum Gasteiger partial charge on any atom is 0.192 e. The molecule has 134 valence electrons. The first-order valence-corrected chi connectivity index (χ1v) is 12.6. The third-order valence-electron chi connectivity index (χ3n) is 4.40. The van der Waals surface area contributed by atoms with Crippen molar-refractivity contribution in [3.8, 4) is 0 Å². The fraction of sp³-hybridized carbons (Fsp3) is 0.500. The highest BCUT2D eigenvalue weighted by atomic mass is 127. The summed E-state index contributed by atoms with van der Waals surface area (Å²) in [6, 6.07) is 10.3. The van der Waals surface area contributed by atoms with E-state index in [1.165, 1.54) is 5.56 Å². The van der Waals surface area contributed by atoms with Gasteiger partial charge in [0.1, 0.15) is 0 Å². The van der Waals surface area contributed by atoms with Gasteiger partial charge in [-0.2, -0.15) is 0 Å². The molecule has 1 aromatic carbocycles. The van der Waals surface area contributed by atoms with Gasteiger partial charge in [-0.05, 0) is 34.2 Å². The van der Waals surface area contributed by atoms with Gasteiger partial charge in [0.2, 0.25) is 0 Å². The zero-order valence-electron chi connectivity index (χ0n) is 15.6. The number of hydrogen-bond donors (Lipinski definition) is 0. The van der Waals surface area contributed by atoms with Crippen LogP contribution in [0.3, 0.4) is 0 Å². The third-order valence-corrected chi connectivity index (χ3v) is 9.32. The summed E-state index contributed by atoms with van der Waals surface area (Å²) >= 11 is 2.26. The lowest BCUT2D eigenvalue weighted by Crippen LogP contribution is -2.43. The van der Waals surface area contributed by atoms with E-state index in [-0.39, 0.29) is 11.1 Å². The van der Waals surface area contributed by atoms with Crippen LogP contribution < -0.4 is 0 Å². The Morgan fingerprint density at radius 3 is 2.38 bits per heavy atom. The first-order valence-electron chi connectivity index (χ1n) is 8.47. The van der Waals surface area contributed by atoms with Gasteiger partial charge in [0.05, 0.1) is 19.3 Å². The van der Waals surface area contributed by atoms with Crippen LogP contribution in [-0.4, -0.2) is 21.0 Å². The van der Waals surface area contributed by atoms with E-state index in [1.807, 2.05) is 18.2 Å². The summed E-state index contributed by atoms with van der Waals surface area (Å²) in [7, 11) is -1.74. The van der Waals surface area contributed by atoms with Crippen LogP contribution in [0.25, 0.3) is 0 Å². The Hall–Kier alpha value is -0.433. The van der Waals surface area contributed by atoms with Gasteiger partial charge in [-0.25, -0.2) is 0 Å². The molecule has 0 saturated heterocycles. The molecule has 0 heterocycles. The Labute approximate surface area is 162 Å². The molecule has 0 aliphatic rings. The number of halogens is 1. The maximum absolute atomic E-state index is 6.47. The first kappa shape index (κ1) is 21.6. The number of ether oxygens (including phenoxy) is 1. The summed E-state index contributed by atoms with van der Waals surface area (Å²) < 4.78 is 14.2. The summed E-state index contributed by atoms with van der Waals surface area (Å²) in [4.78, 5) is 0. The molecule has 0 N–H and O–H groups in total. The minimum absolute atomic E-state index is 0.146. The van der Waals surface area contributed by atoms with E-state index < -0.39 is 8.32 Å². The molecule has 1 aromatic rings.